The van der Waals surface area contributed by atoms with E-state index in [2.05, 4.69) is 47.1 Å². The molecule has 298 valence electrons. The van der Waals surface area contributed by atoms with Gasteiger partial charge in [-0.3, -0.25) is 4.99 Å². The van der Waals surface area contributed by atoms with Crippen molar-refractivity contribution in [3.8, 4) is 34.6 Å². The summed E-state index contributed by atoms with van der Waals surface area (Å²) < 4.78 is 31.8. The maximum Gasteiger partial charge on any atom is 0.181 e. The Morgan fingerprint density at radius 3 is 1.63 bits per heavy atom. The largest absolute Gasteiger partial charge is 0.367 e. The van der Waals surface area contributed by atoms with Crippen molar-refractivity contribution >= 4 is 27.9 Å². The molecule has 0 amide bonds. The smallest absolute Gasteiger partial charge is 0.181 e. The lowest BCUT2D eigenvalue weighted by atomic mass is 10.1. The Labute approximate surface area is 342 Å². The van der Waals surface area contributed by atoms with E-state index in [9.17, 15) is 8.78 Å². The number of amidine groups is 1. The predicted octanol–water partition coefficient (Wildman–Crippen LogP) is 7.02. The molecule has 0 fully saturated rings. The first-order valence-electron chi connectivity index (χ1n) is 19.6. The molecule has 0 bridgehead atoms. The lowest BCUT2D eigenvalue weighted by Gasteiger charge is -2.08. The van der Waals surface area contributed by atoms with E-state index in [1.165, 1.54) is 12.1 Å². The minimum absolute atomic E-state index is 0.262. The highest BCUT2D eigenvalue weighted by Crippen LogP contribution is 2.29. The topological polar surface area (TPSA) is 166 Å². The molecule has 2 aromatic carbocycles. The fraction of sp³-hybridized carbons (Fsp3) is 0.182. The van der Waals surface area contributed by atoms with Gasteiger partial charge in [-0.05, 0) is 60.4 Å². The molecule has 16 heteroatoms. The quantitative estimate of drug-likeness (QED) is 0.147. The van der Waals surface area contributed by atoms with E-state index in [0.29, 0.717) is 51.3 Å². The molecule has 7 aromatic heterocycles. The average Bonchev–Trinajstić information content (AvgIpc) is 4.14. The zero-order valence-electron chi connectivity index (χ0n) is 32.8. The van der Waals surface area contributed by atoms with Gasteiger partial charge < -0.3 is 10.3 Å². The number of aromatic amines is 1. The first-order chi connectivity index (χ1) is 29.5. The minimum Gasteiger partial charge on any atom is -0.367 e. The molecule has 14 nitrogen and oxygen atoms in total. The van der Waals surface area contributed by atoms with Crippen LogP contribution in [0.25, 0.3) is 56.6 Å². The molecule has 1 aliphatic rings. The highest BCUT2D eigenvalue weighted by molar-refractivity contribution is 6.00. The molecule has 0 saturated heterocycles. The van der Waals surface area contributed by atoms with Gasteiger partial charge in [-0.2, -0.15) is 10.2 Å². The summed E-state index contributed by atoms with van der Waals surface area (Å²) >= 11 is 0. The first kappa shape index (κ1) is 37.9. The number of nitrogens with zero attached hydrogens (tertiary/aromatic N) is 12. The van der Waals surface area contributed by atoms with Gasteiger partial charge in [0, 0.05) is 54.9 Å². The molecule has 10 rings (SSSR count). The van der Waals surface area contributed by atoms with Crippen LogP contribution in [0.4, 0.5) is 8.78 Å². The van der Waals surface area contributed by atoms with Crippen molar-refractivity contribution in [2.45, 2.75) is 39.8 Å². The van der Waals surface area contributed by atoms with E-state index in [4.69, 9.17) is 20.2 Å². The minimum atomic E-state index is -0.276. The van der Waals surface area contributed by atoms with Gasteiger partial charge >= 0.3 is 0 Å². The summed E-state index contributed by atoms with van der Waals surface area (Å²) in [4.78, 5) is 39.6. The zero-order chi connectivity index (χ0) is 41.0. The Morgan fingerprint density at radius 2 is 1.13 bits per heavy atom. The van der Waals surface area contributed by atoms with Crippen LogP contribution in [0.15, 0.2) is 115 Å². The van der Waals surface area contributed by atoms with Crippen molar-refractivity contribution in [2.24, 2.45) is 4.99 Å². The van der Waals surface area contributed by atoms with E-state index < -0.39 is 0 Å². The number of imidazole rings is 1. The Morgan fingerprint density at radius 1 is 0.583 bits per heavy atom. The number of rotatable bonds is 10. The van der Waals surface area contributed by atoms with Crippen LogP contribution in [0.5, 0.6) is 0 Å². The van der Waals surface area contributed by atoms with Crippen LogP contribution in [0.1, 0.15) is 41.8 Å². The maximum absolute atomic E-state index is 14.2. The molecule has 9 aromatic rings. The van der Waals surface area contributed by atoms with E-state index in [-0.39, 0.29) is 24.7 Å². The number of hydrogen-bond acceptors (Lipinski definition) is 11. The molecule has 0 unspecified atom stereocenters. The molecular weight excluding hydrogens is 763 g/mol. The monoisotopic (exact) mass is 800 g/mol. The second kappa shape index (κ2) is 16.7. The van der Waals surface area contributed by atoms with E-state index in [0.717, 1.165) is 65.1 Å². The van der Waals surface area contributed by atoms with Gasteiger partial charge in [0.1, 0.15) is 40.2 Å². The summed E-state index contributed by atoms with van der Waals surface area (Å²) in [5, 5.41) is 14.3. The van der Waals surface area contributed by atoms with Crippen LogP contribution in [0.3, 0.4) is 0 Å². The molecule has 8 heterocycles. The van der Waals surface area contributed by atoms with E-state index in [1.807, 2.05) is 43.5 Å². The normalized spacial score (nSPS) is 12.4. The fourth-order valence-electron chi connectivity index (χ4n) is 7.07. The van der Waals surface area contributed by atoms with Gasteiger partial charge in [0.25, 0.3) is 0 Å². The Kier molecular flexibility index (Phi) is 10.6. The number of aryl methyl sites for hydroxylation is 2. The highest BCUT2D eigenvalue weighted by atomic mass is 19.1. The summed E-state index contributed by atoms with van der Waals surface area (Å²) in [7, 11) is 0. The molecule has 0 aliphatic carbocycles. The molecular formula is C44H38F2N14. The van der Waals surface area contributed by atoms with Gasteiger partial charge in [0.2, 0.25) is 0 Å². The van der Waals surface area contributed by atoms with Crippen LogP contribution in [-0.4, -0.2) is 78.4 Å². The van der Waals surface area contributed by atoms with Crippen LogP contribution < -0.4 is 5.32 Å². The number of hydrogen-bond donors (Lipinski definition) is 2. The predicted molar refractivity (Wildman–Crippen MR) is 224 cm³/mol. The molecule has 2 N–H and O–H groups in total. The van der Waals surface area contributed by atoms with Crippen molar-refractivity contribution in [1.82, 2.24) is 64.7 Å². The zero-order valence-corrected chi connectivity index (χ0v) is 32.8. The standard InChI is InChI=1S/C22H20FN7.C22H18FN7/c2*1-2-14-12-27-21(28-18(14)20-24-10-11-25-20)19-16-7-5-9-26-22(16)30(29-19)13-15-6-3-4-8-17(15)23/h3-9,12H,2,10-11,13H2,1H3,(H,24,25);3-12H,2,13H2,1H3,(H,24,25). The van der Waals surface area contributed by atoms with E-state index in [1.54, 1.807) is 70.7 Å². The molecule has 60 heavy (non-hydrogen) atoms. The molecule has 0 saturated carbocycles. The molecule has 0 atom stereocenters. The summed E-state index contributed by atoms with van der Waals surface area (Å²) in [6.07, 6.45) is 12.1. The Hall–Kier alpha value is -7.62. The number of H-pyrrole nitrogens is 1. The van der Waals surface area contributed by atoms with Crippen molar-refractivity contribution in [1.29, 1.82) is 0 Å². The van der Waals surface area contributed by atoms with Crippen molar-refractivity contribution in [3.63, 3.8) is 0 Å². The summed E-state index contributed by atoms with van der Waals surface area (Å²) in [6, 6.07) is 20.9. The Balaban J connectivity index is 0.000000154. The van der Waals surface area contributed by atoms with Gasteiger partial charge in [-0.25, -0.2) is 53.0 Å². The number of aliphatic imine (C=N–C) groups is 1. The summed E-state index contributed by atoms with van der Waals surface area (Å²) in [6.45, 7) is 6.20. The number of fused-ring (bicyclic) bond motifs is 2. The van der Waals surface area contributed by atoms with Crippen molar-refractivity contribution < 1.29 is 8.78 Å². The number of aromatic nitrogens is 12. The number of benzene rings is 2. The van der Waals surface area contributed by atoms with Crippen molar-refractivity contribution in [3.05, 3.63) is 150 Å². The number of halogens is 2. The van der Waals surface area contributed by atoms with Crippen LogP contribution >= 0.6 is 0 Å². The van der Waals surface area contributed by atoms with Crippen LogP contribution in [0.2, 0.25) is 0 Å². The molecule has 1 aliphatic heterocycles. The SMILES string of the molecule is CCc1cnc(-c2nn(Cc3ccccc3F)c3ncccc23)nc1-c1ncc[nH]1.CCc1cnc(-c2nn(Cc3ccccc3F)c3ncccc23)nc1C1=NCCN1. The third kappa shape index (κ3) is 7.45. The number of nitrogens with one attached hydrogen (secondary N) is 2. The second-order valence-electron chi connectivity index (χ2n) is 13.9. The van der Waals surface area contributed by atoms with Gasteiger partial charge in [-0.1, -0.05) is 50.2 Å². The van der Waals surface area contributed by atoms with Gasteiger partial charge in [-0.15, -0.1) is 0 Å². The fourth-order valence-corrected chi connectivity index (χ4v) is 7.07. The highest BCUT2D eigenvalue weighted by Gasteiger charge is 2.22. The Bertz CT molecular complexity index is 2990. The van der Waals surface area contributed by atoms with Crippen molar-refractivity contribution in [2.75, 3.05) is 13.1 Å². The first-order valence-corrected chi connectivity index (χ1v) is 19.6. The van der Waals surface area contributed by atoms with Gasteiger partial charge in [0.05, 0.1) is 30.4 Å². The van der Waals surface area contributed by atoms with Gasteiger partial charge in [0.15, 0.2) is 28.8 Å². The molecule has 0 radical (unpaired) electrons. The lowest BCUT2D eigenvalue weighted by Crippen LogP contribution is -2.22. The van der Waals surface area contributed by atoms with E-state index >= 15 is 0 Å². The summed E-state index contributed by atoms with van der Waals surface area (Å²) in [5.41, 5.74) is 7.19. The third-order valence-corrected chi connectivity index (χ3v) is 10.1. The van der Waals surface area contributed by atoms with Crippen LogP contribution in [0, 0.1) is 11.6 Å². The summed E-state index contributed by atoms with van der Waals surface area (Å²) in [5.74, 6) is 1.91. The number of pyridine rings is 2. The third-order valence-electron chi connectivity index (χ3n) is 10.1. The van der Waals surface area contributed by atoms with Crippen LogP contribution in [-0.2, 0) is 25.9 Å². The second-order valence-corrected chi connectivity index (χ2v) is 13.9. The average molecular weight is 801 g/mol. The lowest BCUT2D eigenvalue weighted by molar-refractivity contribution is 0.589. The maximum atomic E-state index is 14.2. The molecule has 0 spiro atoms.